The Morgan fingerprint density at radius 3 is 1.89 bits per heavy atom. The van der Waals surface area contributed by atoms with E-state index in [1.165, 1.54) is 0 Å². The fraction of sp³-hybridized carbons (Fsp3) is 0.846. The van der Waals surface area contributed by atoms with Crippen LogP contribution in [0.15, 0.2) is 0 Å². The Bertz CT molecular complexity index is 262. The quantitative estimate of drug-likeness (QED) is 0.443. The number of hydrogen-bond acceptors (Lipinski definition) is 2. The van der Waals surface area contributed by atoms with Gasteiger partial charge in [-0.3, -0.25) is 0 Å². The van der Waals surface area contributed by atoms with Crippen LogP contribution in [-0.4, -0.2) is 48.2 Å². The molecule has 2 amide bonds. The van der Waals surface area contributed by atoms with Crippen molar-refractivity contribution in [3.05, 3.63) is 0 Å². The normalized spacial score (nSPS) is 11.0. The Morgan fingerprint density at radius 1 is 0.944 bits per heavy atom. The van der Waals surface area contributed by atoms with Crippen LogP contribution >= 0.6 is 0 Å². The van der Waals surface area contributed by atoms with E-state index >= 15 is 0 Å². The molecule has 0 aliphatic rings. The van der Waals surface area contributed by atoms with Gasteiger partial charge in [0, 0.05) is 0 Å². The third kappa shape index (κ3) is 13.9. The number of carbonyl (C=O) groups excluding carboxylic acids is 2. The Balaban J connectivity index is 3.30. The fourth-order valence-electron chi connectivity index (χ4n) is 1.59. The van der Waals surface area contributed by atoms with Crippen molar-refractivity contribution < 1.29 is 9.59 Å². The number of carbonyl (C=O) groups is 2. The van der Waals surface area contributed by atoms with E-state index in [-0.39, 0.29) is 14.8 Å². The summed E-state index contributed by atoms with van der Waals surface area (Å²) in [5.74, 6) is 0.145. The summed E-state index contributed by atoms with van der Waals surface area (Å²) in [5.41, 5.74) is 0.0619. The zero-order valence-electron chi connectivity index (χ0n) is 11.8. The van der Waals surface area contributed by atoms with Crippen molar-refractivity contribution in [2.75, 3.05) is 13.1 Å². The van der Waals surface area contributed by atoms with Gasteiger partial charge in [0.15, 0.2) is 0 Å². The zero-order valence-corrected chi connectivity index (χ0v) is 16.3. The summed E-state index contributed by atoms with van der Waals surface area (Å²) in [6.07, 6.45) is 4.86. The predicted molar refractivity (Wildman–Crippen MR) is 74.7 cm³/mol. The second kappa shape index (κ2) is 9.75. The van der Waals surface area contributed by atoms with Crippen LogP contribution in [0.1, 0.15) is 52.9 Å². The van der Waals surface area contributed by atoms with Gasteiger partial charge in [0.25, 0.3) is 0 Å². The van der Waals surface area contributed by atoms with Crippen molar-refractivity contribution in [3.8, 4) is 0 Å². The van der Waals surface area contributed by atoms with Gasteiger partial charge in [0.1, 0.15) is 0 Å². The van der Waals surface area contributed by atoms with E-state index < -0.39 is 0 Å². The summed E-state index contributed by atoms with van der Waals surface area (Å²) in [6.45, 7) is 7.77. The predicted octanol–water partition coefficient (Wildman–Crippen LogP) is 1.98. The van der Waals surface area contributed by atoms with Gasteiger partial charge in [0.05, 0.1) is 0 Å². The molecule has 102 valence electrons. The van der Waals surface area contributed by atoms with Crippen LogP contribution in [0.3, 0.4) is 0 Å². The second-order valence-corrected chi connectivity index (χ2v) is 7.83. The molecule has 0 aromatic carbocycles. The van der Waals surface area contributed by atoms with E-state index in [2.05, 4.69) is 31.4 Å². The van der Waals surface area contributed by atoms with Crippen LogP contribution in [0.5, 0.6) is 0 Å². The summed E-state index contributed by atoms with van der Waals surface area (Å²) >= 11 is 0.396. The Labute approximate surface area is 126 Å². The number of nitrogens with one attached hydrogen (secondary N) is 2. The summed E-state index contributed by atoms with van der Waals surface area (Å²) in [6, 6.07) is 0. The summed E-state index contributed by atoms with van der Waals surface area (Å²) < 4.78 is 0.199. The molecular formula is C13H25N2O2Tl. The first-order valence-corrected chi connectivity index (χ1v) is 8.86. The molecule has 0 bridgehead atoms. The van der Waals surface area contributed by atoms with E-state index in [9.17, 15) is 9.59 Å². The van der Waals surface area contributed by atoms with Gasteiger partial charge in [-0.05, 0) is 0 Å². The van der Waals surface area contributed by atoms with Gasteiger partial charge in [-0.2, -0.15) is 0 Å². The number of unbranched alkanes of at least 4 members (excludes halogenated alkanes) is 3. The molecule has 0 saturated heterocycles. The SMILES string of the molecule is CC(C)(C)CC(=O)NCCCCCCN[C](=O)[Tl]. The maximum atomic E-state index is 11.5. The molecule has 0 fully saturated rings. The van der Waals surface area contributed by atoms with Gasteiger partial charge < -0.3 is 0 Å². The van der Waals surface area contributed by atoms with Crippen molar-refractivity contribution in [3.63, 3.8) is 0 Å². The van der Waals surface area contributed by atoms with Gasteiger partial charge in [-0.15, -0.1) is 0 Å². The molecule has 0 saturated carbocycles. The topological polar surface area (TPSA) is 58.2 Å². The van der Waals surface area contributed by atoms with Crippen molar-refractivity contribution >= 4 is 35.1 Å². The van der Waals surface area contributed by atoms with Crippen LogP contribution in [0.25, 0.3) is 0 Å². The monoisotopic (exact) mass is 446 g/mol. The Kier molecular flexibility index (Phi) is 9.67. The van der Waals surface area contributed by atoms with Crippen molar-refractivity contribution in [2.45, 2.75) is 52.9 Å². The first-order chi connectivity index (χ1) is 8.31. The maximum absolute atomic E-state index is 11.5. The zero-order chi connectivity index (χ0) is 14.0. The average Bonchev–Trinajstić information content (AvgIpc) is 2.18. The first-order valence-electron chi connectivity index (χ1n) is 6.61. The molecule has 0 aromatic heterocycles. The van der Waals surface area contributed by atoms with Gasteiger partial charge in [-0.25, -0.2) is 0 Å². The molecule has 0 atom stereocenters. The summed E-state index contributed by atoms with van der Waals surface area (Å²) in [7, 11) is 0. The molecule has 2 N–H and O–H groups in total. The molecule has 0 radical (unpaired) electrons. The van der Waals surface area contributed by atoms with Crippen LogP contribution in [-0.2, 0) is 4.79 Å². The van der Waals surface area contributed by atoms with Crippen LogP contribution < -0.4 is 10.6 Å². The molecule has 0 rings (SSSR count). The summed E-state index contributed by atoms with van der Waals surface area (Å²) in [5, 5.41) is 5.79. The third-order valence-corrected chi connectivity index (χ3v) is 3.21. The molecule has 0 aliphatic heterocycles. The van der Waals surface area contributed by atoms with E-state index in [1.54, 1.807) is 0 Å². The minimum atomic E-state index is 0.0619. The van der Waals surface area contributed by atoms with Gasteiger partial charge in [-0.1, -0.05) is 20.8 Å². The standard InChI is InChI=1S/C13H25N2O2.Tl/c1-13(2,3)10-12(17)15-9-7-5-4-6-8-14-11-16;/h4-10H2,1-3H3,(H,14,16)(H,15,17);. The molecule has 5 heteroatoms. The minimum absolute atomic E-state index is 0.0619. The van der Waals surface area contributed by atoms with Crippen molar-refractivity contribution in [1.29, 1.82) is 0 Å². The van der Waals surface area contributed by atoms with Crippen molar-refractivity contribution in [1.82, 2.24) is 10.6 Å². The average molecular weight is 446 g/mol. The van der Waals surface area contributed by atoms with Gasteiger partial charge >= 0.3 is 106 Å². The molecule has 18 heavy (non-hydrogen) atoms. The van der Waals surface area contributed by atoms with Crippen LogP contribution in [0, 0.1) is 5.41 Å². The second-order valence-electron chi connectivity index (χ2n) is 5.79. The van der Waals surface area contributed by atoms with E-state index in [4.69, 9.17) is 0 Å². The first kappa shape index (κ1) is 17.9. The molecule has 0 aromatic rings. The van der Waals surface area contributed by atoms with Crippen LogP contribution in [0.4, 0.5) is 4.79 Å². The summed E-state index contributed by atoms with van der Waals surface area (Å²) in [4.78, 5) is 22.2. The third-order valence-electron chi connectivity index (χ3n) is 2.42. The number of amides is 2. The fourth-order valence-corrected chi connectivity index (χ4v) is 2.15. The molecule has 0 aliphatic carbocycles. The Hall–Kier alpha value is -0.138. The molecule has 4 nitrogen and oxygen atoms in total. The van der Waals surface area contributed by atoms with E-state index in [0.717, 1.165) is 38.8 Å². The number of rotatable bonds is 8. The van der Waals surface area contributed by atoms with E-state index in [0.29, 0.717) is 32.2 Å². The van der Waals surface area contributed by atoms with E-state index in [1.807, 2.05) is 0 Å². The van der Waals surface area contributed by atoms with Gasteiger partial charge in [0.2, 0.25) is 0 Å². The Morgan fingerprint density at radius 2 is 1.44 bits per heavy atom. The molecule has 0 unspecified atom stereocenters. The van der Waals surface area contributed by atoms with Crippen molar-refractivity contribution in [2.24, 2.45) is 5.41 Å². The number of hydrogen-bond donors (Lipinski definition) is 2. The van der Waals surface area contributed by atoms with Crippen LogP contribution in [0.2, 0.25) is 0 Å². The molecule has 0 spiro atoms. The molecule has 0 heterocycles. The molecular weight excluding hydrogens is 421 g/mol.